The van der Waals surface area contributed by atoms with E-state index in [9.17, 15) is 14.4 Å². The van der Waals surface area contributed by atoms with Gasteiger partial charge in [-0.25, -0.2) is 4.52 Å². The highest BCUT2D eigenvalue weighted by atomic mass is 35.5. The highest BCUT2D eigenvalue weighted by molar-refractivity contribution is 7.15. The molecular weight excluding hydrogens is 473 g/mol. The van der Waals surface area contributed by atoms with E-state index in [0.29, 0.717) is 31.8 Å². The quantitative estimate of drug-likeness (QED) is 0.422. The monoisotopic (exact) mass is 485 g/mol. The van der Waals surface area contributed by atoms with Gasteiger partial charge in [0.2, 0.25) is 16.8 Å². The molecule has 3 amide bonds. The molecule has 0 radical (unpaired) electrons. The summed E-state index contributed by atoms with van der Waals surface area (Å²) in [7, 11) is 0. The second-order valence-corrected chi connectivity index (χ2v) is 8.66. The molecule has 0 atom stereocenters. The Kier molecular flexibility index (Phi) is 5.16. The van der Waals surface area contributed by atoms with E-state index in [0.717, 1.165) is 10.5 Å². The van der Waals surface area contributed by atoms with Crippen molar-refractivity contribution in [2.45, 2.75) is 6.42 Å². The number of benzene rings is 2. The van der Waals surface area contributed by atoms with Gasteiger partial charge in [0.05, 0.1) is 21.8 Å². The molecule has 0 bridgehead atoms. The van der Waals surface area contributed by atoms with Crippen molar-refractivity contribution < 1.29 is 14.4 Å². The minimum Gasteiger partial charge on any atom is -0.293 e. The van der Waals surface area contributed by atoms with E-state index in [2.05, 4.69) is 15.4 Å². The number of carbonyl (C=O) groups is 3. The normalized spacial score (nSPS) is 13.1. The Labute approximate surface area is 195 Å². The lowest BCUT2D eigenvalue weighted by Crippen LogP contribution is -2.33. The van der Waals surface area contributed by atoms with E-state index in [1.165, 1.54) is 11.3 Å². The Hall–Kier alpha value is -3.27. The van der Waals surface area contributed by atoms with Crippen molar-refractivity contribution in [1.29, 1.82) is 0 Å². The maximum atomic E-state index is 12.4. The molecule has 32 heavy (non-hydrogen) atoms. The minimum atomic E-state index is -0.411. The van der Waals surface area contributed by atoms with Crippen molar-refractivity contribution in [3.63, 3.8) is 0 Å². The highest BCUT2D eigenvalue weighted by Gasteiger charge is 2.35. The molecular formula is C21H13Cl2N5O3S. The Morgan fingerprint density at radius 3 is 2.44 bits per heavy atom. The number of fused-ring (bicyclic) bond motifs is 2. The molecule has 0 spiro atoms. The minimum absolute atomic E-state index is 0.0357. The summed E-state index contributed by atoms with van der Waals surface area (Å²) >= 11 is 13.6. The first-order valence-corrected chi connectivity index (χ1v) is 11.1. The first kappa shape index (κ1) is 20.6. The van der Waals surface area contributed by atoms with Crippen molar-refractivity contribution in [2.75, 3.05) is 11.9 Å². The van der Waals surface area contributed by atoms with Gasteiger partial charge in [0.15, 0.2) is 0 Å². The molecule has 160 valence electrons. The highest BCUT2D eigenvalue weighted by Crippen LogP contribution is 2.33. The van der Waals surface area contributed by atoms with Crippen LogP contribution in [0.15, 0.2) is 47.8 Å². The summed E-state index contributed by atoms with van der Waals surface area (Å²) in [5, 5.41) is 9.81. The van der Waals surface area contributed by atoms with Gasteiger partial charge in [-0.15, -0.1) is 16.4 Å². The molecule has 8 nitrogen and oxygen atoms in total. The largest absolute Gasteiger partial charge is 0.293 e. The second kappa shape index (κ2) is 8.01. The number of amides is 3. The molecule has 1 aliphatic heterocycles. The zero-order valence-electron chi connectivity index (χ0n) is 16.2. The first-order valence-electron chi connectivity index (χ1n) is 9.47. The van der Waals surface area contributed by atoms with Gasteiger partial charge in [-0.2, -0.15) is 4.98 Å². The summed E-state index contributed by atoms with van der Waals surface area (Å²) in [6.07, 6.45) is -0.0752. The van der Waals surface area contributed by atoms with Crippen LogP contribution in [0.1, 0.15) is 27.1 Å². The van der Waals surface area contributed by atoms with Crippen molar-refractivity contribution in [1.82, 2.24) is 19.5 Å². The standard InChI is InChI=1S/C21H13Cl2N5O3S/c22-11-5-6-14(15(23)9-11)16-10-32-21-25-20(26-28(16)21)24-17(29)7-8-27-18(30)12-3-1-2-4-13(12)19(27)31/h1-6,9-10H,7-8H2,(H,24,26,29). The Balaban J connectivity index is 1.28. The maximum absolute atomic E-state index is 12.4. The van der Waals surface area contributed by atoms with E-state index in [1.54, 1.807) is 47.0 Å². The predicted molar refractivity (Wildman–Crippen MR) is 121 cm³/mol. The zero-order chi connectivity index (χ0) is 22.4. The zero-order valence-corrected chi connectivity index (χ0v) is 18.5. The number of thiazole rings is 1. The number of hydrogen-bond donors (Lipinski definition) is 1. The molecule has 0 fully saturated rings. The number of aromatic nitrogens is 3. The number of anilines is 1. The lowest BCUT2D eigenvalue weighted by atomic mass is 10.1. The van der Waals surface area contributed by atoms with Crippen LogP contribution >= 0.6 is 34.5 Å². The number of nitrogens with one attached hydrogen (secondary N) is 1. The third-order valence-corrected chi connectivity index (χ3v) is 6.34. The van der Waals surface area contributed by atoms with Gasteiger partial charge in [0.1, 0.15) is 0 Å². The molecule has 0 saturated carbocycles. The predicted octanol–water partition coefficient (Wildman–Crippen LogP) is 4.39. The first-order chi connectivity index (χ1) is 15.4. The number of imide groups is 1. The van der Waals surface area contributed by atoms with Crippen LogP contribution in [0.25, 0.3) is 16.2 Å². The van der Waals surface area contributed by atoms with Crippen LogP contribution < -0.4 is 5.32 Å². The number of rotatable bonds is 5. The van der Waals surface area contributed by atoms with E-state index in [1.807, 2.05) is 5.38 Å². The van der Waals surface area contributed by atoms with Crippen LogP contribution in [0.2, 0.25) is 10.0 Å². The Morgan fingerprint density at radius 2 is 1.75 bits per heavy atom. The van der Waals surface area contributed by atoms with Crippen molar-refractivity contribution in [3.8, 4) is 11.3 Å². The third kappa shape index (κ3) is 3.54. The van der Waals surface area contributed by atoms with E-state index >= 15 is 0 Å². The van der Waals surface area contributed by atoms with Gasteiger partial charge in [0.25, 0.3) is 11.8 Å². The van der Waals surface area contributed by atoms with Gasteiger partial charge in [-0.05, 0) is 30.3 Å². The van der Waals surface area contributed by atoms with Gasteiger partial charge in [-0.1, -0.05) is 35.3 Å². The van der Waals surface area contributed by atoms with E-state index < -0.39 is 17.7 Å². The summed E-state index contributed by atoms with van der Waals surface area (Å²) in [6, 6.07) is 11.7. The average molecular weight is 486 g/mol. The molecule has 0 aliphatic carbocycles. The van der Waals surface area contributed by atoms with Crippen LogP contribution in [0.3, 0.4) is 0 Å². The smallest absolute Gasteiger partial charge is 0.261 e. The summed E-state index contributed by atoms with van der Waals surface area (Å²) < 4.78 is 1.58. The molecule has 3 heterocycles. The fourth-order valence-electron chi connectivity index (χ4n) is 3.46. The summed E-state index contributed by atoms with van der Waals surface area (Å²) in [6.45, 7) is -0.0357. The number of carbonyl (C=O) groups excluding carboxylic acids is 3. The number of halogens is 2. The fourth-order valence-corrected chi connectivity index (χ4v) is 4.79. The Bertz CT molecular complexity index is 1380. The van der Waals surface area contributed by atoms with Crippen LogP contribution in [-0.4, -0.2) is 43.8 Å². The molecule has 1 N–H and O–H groups in total. The summed E-state index contributed by atoms with van der Waals surface area (Å²) in [4.78, 5) is 43.2. The second-order valence-electron chi connectivity index (χ2n) is 6.98. The summed E-state index contributed by atoms with van der Waals surface area (Å²) in [5.41, 5.74) is 2.14. The van der Waals surface area contributed by atoms with Crippen LogP contribution in [0, 0.1) is 0 Å². The van der Waals surface area contributed by atoms with Gasteiger partial charge in [0, 0.05) is 28.9 Å². The van der Waals surface area contributed by atoms with E-state index in [-0.39, 0.29) is 18.9 Å². The summed E-state index contributed by atoms with van der Waals surface area (Å²) in [5.74, 6) is -1.09. The van der Waals surface area contributed by atoms with Crippen molar-refractivity contribution >= 4 is 63.2 Å². The van der Waals surface area contributed by atoms with Crippen LogP contribution in [-0.2, 0) is 4.79 Å². The van der Waals surface area contributed by atoms with Gasteiger partial charge < -0.3 is 0 Å². The molecule has 11 heteroatoms. The molecule has 1 aliphatic rings. The Morgan fingerprint density at radius 1 is 1.03 bits per heavy atom. The lowest BCUT2D eigenvalue weighted by molar-refractivity contribution is -0.116. The van der Waals surface area contributed by atoms with E-state index in [4.69, 9.17) is 23.2 Å². The van der Waals surface area contributed by atoms with Gasteiger partial charge >= 0.3 is 0 Å². The number of nitrogens with zero attached hydrogens (tertiary/aromatic N) is 4. The van der Waals surface area contributed by atoms with Crippen LogP contribution in [0.5, 0.6) is 0 Å². The van der Waals surface area contributed by atoms with Gasteiger partial charge in [-0.3, -0.25) is 24.6 Å². The molecule has 0 unspecified atom stereocenters. The van der Waals surface area contributed by atoms with Crippen molar-refractivity contribution in [2.24, 2.45) is 0 Å². The maximum Gasteiger partial charge on any atom is 0.261 e. The molecule has 2 aromatic carbocycles. The van der Waals surface area contributed by atoms with Crippen molar-refractivity contribution in [3.05, 3.63) is 69.0 Å². The molecule has 4 aromatic rings. The molecule has 2 aromatic heterocycles. The fraction of sp³-hybridized carbons (Fsp3) is 0.0952. The third-order valence-electron chi connectivity index (χ3n) is 4.98. The lowest BCUT2D eigenvalue weighted by Gasteiger charge is -2.12. The molecule has 5 rings (SSSR count). The van der Waals surface area contributed by atoms with Crippen LogP contribution in [0.4, 0.5) is 5.95 Å². The SMILES string of the molecule is O=C(CCN1C(=O)c2ccccc2C1=O)Nc1nc2scc(-c3ccc(Cl)cc3Cl)n2n1. The topological polar surface area (TPSA) is 96.7 Å². The molecule has 0 saturated heterocycles. The average Bonchev–Trinajstić information content (AvgIpc) is 3.40. The number of hydrogen-bond acceptors (Lipinski definition) is 6.